The van der Waals surface area contributed by atoms with E-state index in [0.29, 0.717) is 11.3 Å². The Bertz CT molecular complexity index is 477. The molecule has 1 N–H and O–H groups in total. The van der Waals surface area contributed by atoms with Crippen molar-refractivity contribution in [1.29, 1.82) is 0 Å². The third kappa shape index (κ3) is 2.56. The maximum atomic E-state index is 9.18. The van der Waals surface area contributed by atoms with Gasteiger partial charge in [0.25, 0.3) is 0 Å². The minimum Gasteiger partial charge on any atom is -0.424 e. The van der Waals surface area contributed by atoms with E-state index >= 15 is 0 Å². The van der Waals surface area contributed by atoms with E-state index in [1.165, 1.54) is 0 Å². The molecule has 0 fully saturated rings. The van der Waals surface area contributed by atoms with Crippen LogP contribution < -0.4 is 4.74 Å². The van der Waals surface area contributed by atoms with Crippen molar-refractivity contribution in [3.05, 3.63) is 46.7 Å². The quantitative estimate of drug-likeness (QED) is 0.939. The highest BCUT2D eigenvalue weighted by Gasteiger charge is 2.06. The largest absolute Gasteiger partial charge is 0.424 e. The van der Waals surface area contributed by atoms with E-state index in [2.05, 4.69) is 25.9 Å². The molecule has 2 rings (SSSR count). The summed E-state index contributed by atoms with van der Waals surface area (Å²) in [6.07, 6.45) is 3.19. The summed E-state index contributed by atoms with van der Waals surface area (Å²) in [5.41, 5.74) is 0.682. The lowest BCUT2D eigenvalue weighted by Gasteiger charge is -2.07. The number of nitrogens with zero attached hydrogens (tertiary/aromatic N) is 2. The normalized spacial score (nSPS) is 10.1. The number of halogens is 1. The number of hydrogen-bond donors (Lipinski definition) is 1. The number of rotatable bonds is 3. The van der Waals surface area contributed by atoms with Crippen molar-refractivity contribution in [2.75, 3.05) is 0 Å². The molecule has 4 nitrogen and oxygen atoms in total. The molecule has 0 aliphatic rings. The molecule has 0 aliphatic heterocycles. The minimum absolute atomic E-state index is 0.0956. The summed E-state index contributed by atoms with van der Waals surface area (Å²) in [5, 5.41) is 9.18. The van der Waals surface area contributed by atoms with Crippen molar-refractivity contribution in [3.63, 3.8) is 0 Å². The van der Waals surface area contributed by atoms with Crippen molar-refractivity contribution in [1.82, 2.24) is 9.97 Å². The Labute approximate surface area is 101 Å². The van der Waals surface area contributed by atoms with Crippen molar-refractivity contribution in [3.8, 4) is 11.8 Å². The molecule has 5 heteroatoms. The molecule has 0 aliphatic carbocycles. The van der Waals surface area contributed by atoms with Gasteiger partial charge in [-0.2, -0.15) is 0 Å². The Morgan fingerprint density at radius 3 is 2.69 bits per heavy atom. The third-order valence-corrected chi connectivity index (χ3v) is 2.43. The maximum Gasteiger partial charge on any atom is 0.321 e. The fourth-order valence-electron chi connectivity index (χ4n) is 1.21. The van der Waals surface area contributed by atoms with Gasteiger partial charge in [0, 0.05) is 22.4 Å². The van der Waals surface area contributed by atoms with E-state index in [9.17, 15) is 5.11 Å². The molecule has 0 bridgehead atoms. The molecule has 0 spiro atoms. The molecule has 0 amide bonds. The fourth-order valence-corrected chi connectivity index (χ4v) is 1.62. The topological polar surface area (TPSA) is 55.2 Å². The highest BCUT2D eigenvalue weighted by atomic mass is 79.9. The lowest BCUT2D eigenvalue weighted by molar-refractivity contribution is 0.275. The molecule has 0 saturated heterocycles. The molecule has 0 atom stereocenters. The van der Waals surface area contributed by atoms with Gasteiger partial charge in [0.1, 0.15) is 5.75 Å². The van der Waals surface area contributed by atoms with E-state index < -0.39 is 0 Å². The van der Waals surface area contributed by atoms with Crippen LogP contribution in [-0.4, -0.2) is 15.1 Å². The Kier molecular flexibility index (Phi) is 3.48. The Balaban J connectivity index is 2.28. The highest BCUT2D eigenvalue weighted by molar-refractivity contribution is 9.10. The predicted molar refractivity (Wildman–Crippen MR) is 62.2 cm³/mol. The van der Waals surface area contributed by atoms with Gasteiger partial charge in [-0.3, -0.25) is 0 Å². The van der Waals surface area contributed by atoms with Crippen molar-refractivity contribution >= 4 is 15.9 Å². The van der Waals surface area contributed by atoms with Crippen LogP contribution in [-0.2, 0) is 6.61 Å². The van der Waals surface area contributed by atoms with E-state index in [0.717, 1.165) is 4.47 Å². The van der Waals surface area contributed by atoms with Crippen LogP contribution in [0, 0.1) is 0 Å². The maximum absolute atomic E-state index is 9.18. The minimum atomic E-state index is -0.0956. The number of benzene rings is 1. The molecular formula is C11H9BrN2O2. The average Bonchev–Trinajstić information content (AvgIpc) is 2.33. The Morgan fingerprint density at radius 2 is 2.00 bits per heavy atom. The van der Waals surface area contributed by atoms with Crippen molar-refractivity contribution in [2.45, 2.75) is 6.61 Å². The van der Waals surface area contributed by atoms with E-state index in [1.54, 1.807) is 30.6 Å². The van der Waals surface area contributed by atoms with Crippen molar-refractivity contribution in [2.24, 2.45) is 0 Å². The third-order valence-electron chi connectivity index (χ3n) is 1.94. The van der Waals surface area contributed by atoms with E-state index in [4.69, 9.17) is 4.74 Å². The lowest BCUT2D eigenvalue weighted by Crippen LogP contribution is -1.94. The number of ether oxygens (including phenoxy) is 1. The summed E-state index contributed by atoms with van der Waals surface area (Å²) >= 11 is 3.32. The fraction of sp³-hybridized carbons (Fsp3) is 0.0909. The molecule has 1 aromatic heterocycles. The van der Waals surface area contributed by atoms with Gasteiger partial charge in [-0.25, -0.2) is 9.97 Å². The van der Waals surface area contributed by atoms with Gasteiger partial charge in [0.05, 0.1) is 6.61 Å². The Hall–Kier alpha value is -1.46. The van der Waals surface area contributed by atoms with Gasteiger partial charge >= 0.3 is 6.01 Å². The standard InChI is InChI=1S/C11H9BrN2O2/c12-9-2-3-10(8(6-9)7-15)16-11-13-4-1-5-14-11/h1-6,15H,7H2. The van der Waals surface area contributed by atoms with Crippen molar-refractivity contribution < 1.29 is 9.84 Å². The van der Waals surface area contributed by atoms with Crippen LogP contribution in [0.4, 0.5) is 0 Å². The molecule has 0 unspecified atom stereocenters. The monoisotopic (exact) mass is 280 g/mol. The number of aliphatic hydroxyl groups excluding tert-OH is 1. The highest BCUT2D eigenvalue weighted by Crippen LogP contribution is 2.26. The van der Waals surface area contributed by atoms with Gasteiger partial charge in [-0.15, -0.1) is 0 Å². The first kappa shape index (κ1) is 11.0. The first-order valence-electron chi connectivity index (χ1n) is 4.64. The summed E-state index contributed by atoms with van der Waals surface area (Å²) in [6.45, 7) is -0.0956. The van der Waals surface area contributed by atoms with Crippen LogP contribution in [0.3, 0.4) is 0 Å². The SMILES string of the molecule is OCc1cc(Br)ccc1Oc1ncccn1. The van der Waals surface area contributed by atoms with Crippen LogP contribution in [0.25, 0.3) is 0 Å². The van der Waals surface area contributed by atoms with Crippen LogP contribution in [0.1, 0.15) is 5.56 Å². The predicted octanol–water partition coefficient (Wildman–Crippen LogP) is 2.52. The summed E-state index contributed by atoms with van der Waals surface area (Å²) in [5.74, 6) is 0.553. The molecule has 0 radical (unpaired) electrons. The van der Waals surface area contributed by atoms with Crippen LogP contribution in [0.15, 0.2) is 41.1 Å². The van der Waals surface area contributed by atoms with Gasteiger partial charge in [-0.1, -0.05) is 15.9 Å². The zero-order chi connectivity index (χ0) is 11.4. The summed E-state index contributed by atoms with van der Waals surface area (Å²) in [7, 11) is 0. The van der Waals surface area contributed by atoms with Crippen LogP contribution in [0.2, 0.25) is 0 Å². The average molecular weight is 281 g/mol. The van der Waals surface area contributed by atoms with Gasteiger partial charge in [0.2, 0.25) is 0 Å². The lowest BCUT2D eigenvalue weighted by atomic mass is 10.2. The van der Waals surface area contributed by atoms with Gasteiger partial charge in [-0.05, 0) is 24.3 Å². The number of aromatic nitrogens is 2. The molecule has 2 aromatic rings. The van der Waals surface area contributed by atoms with Gasteiger partial charge in [0.15, 0.2) is 0 Å². The van der Waals surface area contributed by atoms with Crippen LogP contribution in [0.5, 0.6) is 11.8 Å². The summed E-state index contributed by atoms with van der Waals surface area (Å²) in [6, 6.07) is 7.35. The second-order valence-electron chi connectivity index (χ2n) is 3.04. The first-order valence-corrected chi connectivity index (χ1v) is 5.43. The van der Waals surface area contributed by atoms with Gasteiger partial charge < -0.3 is 9.84 Å². The summed E-state index contributed by atoms with van der Waals surface area (Å²) in [4.78, 5) is 7.89. The number of hydrogen-bond acceptors (Lipinski definition) is 4. The second-order valence-corrected chi connectivity index (χ2v) is 3.96. The molecule has 1 aromatic carbocycles. The van der Waals surface area contributed by atoms with Crippen LogP contribution >= 0.6 is 15.9 Å². The van der Waals surface area contributed by atoms with E-state index in [1.807, 2.05) is 6.07 Å². The smallest absolute Gasteiger partial charge is 0.321 e. The first-order chi connectivity index (χ1) is 7.79. The molecule has 1 heterocycles. The zero-order valence-corrected chi connectivity index (χ0v) is 9.89. The molecule has 82 valence electrons. The second kappa shape index (κ2) is 5.05. The Morgan fingerprint density at radius 1 is 1.25 bits per heavy atom. The summed E-state index contributed by atoms with van der Waals surface area (Å²) < 4.78 is 6.34. The molecule has 16 heavy (non-hydrogen) atoms. The van der Waals surface area contributed by atoms with E-state index in [-0.39, 0.29) is 12.6 Å². The zero-order valence-electron chi connectivity index (χ0n) is 8.30. The number of aliphatic hydroxyl groups is 1. The molecular weight excluding hydrogens is 272 g/mol. The molecule has 0 saturated carbocycles.